The Bertz CT molecular complexity index is 687. The molecule has 0 saturated heterocycles. The molecule has 4 aliphatic carbocycles. The molecule has 0 heterocycles. The summed E-state index contributed by atoms with van der Waals surface area (Å²) in [7, 11) is 3.36. The molecule has 1 N–H and O–H groups in total. The van der Waals surface area contributed by atoms with Gasteiger partial charge in [0, 0.05) is 18.9 Å². The maximum atomic E-state index is 11.7. The molecule has 4 aliphatic rings. The normalized spacial score (nSPS) is 46.3. The van der Waals surface area contributed by atoms with Crippen LogP contribution in [0.3, 0.4) is 0 Å². The van der Waals surface area contributed by atoms with Crippen molar-refractivity contribution in [3.05, 3.63) is 11.6 Å². The summed E-state index contributed by atoms with van der Waals surface area (Å²) in [5.74, 6) is 2.91. The van der Waals surface area contributed by atoms with E-state index in [-0.39, 0.29) is 29.0 Å². The van der Waals surface area contributed by atoms with Gasteiger partial charge in [0.05, 0.1) is 19.3 Å². The zero-order valence-corrected chi connectivity index (χ0v) is 19.7. The number of aliphatic hydroxyl groups excluding tert-OH is 1. The molecule has 9 atom stereocenters. The lowest BCUT2D eigenvalue weighted by Crippen LogP contribution is -2.53. The Balaban J connectivity index is 1.63. The second-order valence-corrected chi connectivity index (χ2v) is 11.3. The van der Waals surface area contributed by atoms with E-state index in [0.717, 1.165) is 25.7 Å². The van der Waals surface area contributed by atoms with E-state index >= 15 is 0 Å². The minimum absolute atomic E-state index is 0.0959. The molecule has 3 saturated carbocycles. The van der Waals surface area contributed by atoms with Gasteiger partial charge in [-0.1, -0.05) is 32.4 Å². The van der Waals surface area contributed by atoms with Gasteiger partial charge < -0.3 is 14.6 Å². The number of fused-ring (bicyclic) bond motifs is 5. The Morgan fingerprint density at radius 1 is 1.20 bits per heavy atom. The van der Waals surface area contributed by atoms with Gasteiger partial charge >= 0.3 is 5.97 Å². The number of aliphatic hydroxyl groups is 1. The van der Waals surface area contributed by atoms with E-state index in [1.54, 1.807) is 5.57 Å². The number of hydrogen-bond acceptors (Lipinski definition) is 4. The number of allylic oxidation sites excluding steroid dienone is 1. The van der Waals surface area contributed by atoms with Crippen LogP contribution in [0.15, 0.2) is 11.6 Å². The molecule has 4 rings (SSSR count). The number of esters is 1. The highest BCUT2D eigenvalue weighted by atomic mass is 16.5. The van der Waals surface area contributed by atoms with Crippen molar-refractivity contribution in [2.75, 3.05) is 14.2 Å². The summed E-state index contributed by atoms with van der Waals surface area (Å²) >= 11 is 0. The van der Waals surface area contributed by atoms with Crippen LogP contribution in [0.4, 0.5) is 0 Å². The molecule has 0 aromatic heterocycles. The van der Waals surface area contributed by atoms with Crippen LogP contribution in [-0.2, 0) is 14.3 Å². The van der Waals surface area contributed by atoms with E-state index < -0.39 is 0 Å². The average molecular weight is 419 g/mol. The maximum absolute atomic E-state index is 11.7. The Morgan fingerprint density at radius 3 is 2.67 bits per heavy atom. The first-order chi connectivity index (χ1) is 14.3. The average Bonchev–Trinajstić information content (AvgIpc) is 3.09. The van der Waals surface area contributed by atoms with Gasteiger partial charge in [0.15, 0.2) is 0 Å². The summed E-state index contributed by atoms with van der Waals surface area (Å²) in [6.45, 7) is 7.28. The minimum Gasteiger partial charge on any atom is -0.469 e. The van der Waals surface area contributed by atoms with Gasteiger partial charge in [0.25, 0.3) is 0 Å². The van der Waals surface area contributed by atoms with Crippen LogP contribution in [0.2, 0.25) is 0 Å². The lowest BCUT2D eigenvalue weighted by molar-refractivity contribution is -0.141. The van der Waals surface area contributed by atoms with Crippen LogP contribution in [0.5, 0.6) is 0 Å². The first-order valence-electron chi connectivity index (χ1n) is 12.3. The Morgan fingerprint density at radius 2 is 1.97 bits per heavy atom. The van der Waals surface area contributed by atoms with Crippen molar-refractivity contribution in [3.63, 3.8) is 0 Å². The second kappa shape index (κ2) is 8.24. The lowest BCUT2D eigenvalue weighted by atomic mass is 9.47. The van der Waals surface area contributed by atoms with Gasteiger partial charge in [0.1, 0.15) is 0 Å². The molecule has 0 unspecified atom stereocenters. The Hall–Kier alpha value is -0.870. The molecule has 0 amide bonds. The zero-order chi connectivity index (χ0) is 21.7. The SMILES string of the molecule is COC(=O)CC[C@H](C)[C@@H]1CC[C@H]2[C@@H]3CC[C@H]4C[C@H](O)CC[C@]4(C)C3=C[C@H](OC)[C@@]21C. The van der Waals surface area contributed by atoms with Gasteiger partial charge in [-0.25, -0.2) is 0 Å². The molecule has 0 aromatic rings. The van der Waals surface area contributed by atoms with Crippen molar-refractivity contribution in [2.45, 2.75) is 90.8 Å². The van der Waals surface area contributed by atoms with Crippen molar-refractivity contribution < 1.29 is 19.4 Å². The van der Waals surface area contributed by atoms with E-state index in [0.29, 0.717) is 36.0 Å². The van der Waals surface area contributed by atoms with Gasteiger partial charge in [0.2, 0.25) is 0 Å². The van der Waals surface area contributed by atoms with Gasteiger partial charge in [-0.3, -0.25) is 4.79 Å². The van der Waals surface area contributed by atoms with Crippen LogP contribution < -0.4 is 0 Å². The zero-order valence-electron chi connectivity index (χ0n) is 19.7. The summed E-state index contributed by atoms with van der Waals surface area (Å²) in [6, 6.07) is 0. The molecular formula is C26H42O4. The largest absolute Gasteiger partial charge is 0.469 e. The molecule has 0 radical (unpaired) electrons. The van der Waals surface area contributed by atoms with Crippen molar-refractivity contribution in [2.24, 2.45) is 40.4 Å². The summed E-state index contributed by atoms with van der Waals surface area (Å²) in [6.07, 6.45) is 12.0. The molecule has 0 spiro atoms. The molecule has 0 aromatic carbocycles. The van der Waals surface area contributed by atoms with Crippen molar-refractivity contribution in [3.8, 4) is 0 Å². The molecule has 4 nitrogen and oxygen atoms in total. The van der Waals surface area contributed by atoms with E-state index in [2.05, 4.69) is 26.8 Å². The molecule has 170 valence electrons. The Kier molecular flexibility index (Phi) is 6.13. The number of methoxy groups -OCH3 is 2. The van der Waals surface area contributed by atoms with Crippen LogP contribution in [0.1, 0.15) is 78.6 Å². The van der Waals surface area contributed by atoms with Crippen LogP contribution >= 0.6 is 0 Å². The fourth-order valence-electron chi connectivity index (χ4n) is 8.41. The summed E-state index contributed by atoms with van der Waals surface area (Å²) < 4.78 is 11.1. The summed E-state index contributed by atoms with van der Waals surface area (Å²) in [4.78, 5) is 11.7. The van der Waals surface area contributed by atoms with Crippen molar-refractivity contribution in [1.29, 1.82) is 0 Å². The quantitative estimate of drug-likeness (QED) is 0.496. The third-order valence-corrected chi connectivity index (χ3v) is 10.1. The number of carbonyl (C=O) groups excluding carboxylic acids is 1. The highest BCUT2D eigenvalue weighted by Gasteiger charge is 2.61. The van der Waals surface area contributed by atoms with Crippen LogP contribution in [-0.4, -0.2) is 37.5 Å². The van der Waals surface area contributed by atoms with Gasteiger partial charge in [-0.2, -0.15) is 0 Å². The molecular weight excluding hydrogens is 376 g/mol. The third kappa shape index (κ3) is 3.37. The van der Waals surface area contributed by atoms with Crippen molar-refractivity contribution in [1.82, 2.24) is 0 Å². The first-order valence-corrected chi connectivity index (χ1v) is 12.3. The predicted octanol–water partition coefficient (Wildman–Crippen LogP) is 5.14. The van der Waals surface area contributed by atoms with Gasteiger partial charge in [-0.05, 0) is 86.4 Å². The van der Waals surface area contributed by atoms with Gasteiger partial charge in [-0.15, -0.1) is 0 Å². The van der Waals surface area contributed by atoms with E-state index in [1.807, 2.05) is 7.11 Å². The lowest BCUT2D eigenvalue weighted by Gasteiger charge is -2.58. The molecule has 4 heteroatoms. The standard InChI is InChI=1S/C26H42O4/c1-16(6-11-24(28)30-5)20-9-10-21-19-8-7-17-14-18(27)12-13-25(17,2)22(19)15-23(29-4)26(20,21)3/h15-21,23,27H,6-14H2,1-5H3/t16-,17-,18+,19-,20-,21-,23-,25-,26+/m0/s1. The summed E-state index contributed by atoms with van der Waals surface area (Å²) in [5.41, 5.74) is 2.02. The minimum atomic E-state index is -0.112. The third-order valence-electron chi connectivity index (χ3n) is 10.1. The highest BCUT2D eigenvalue weighted by molar-refractivity contribution is 5.69. The number of rotatable bonds is 5. The monoisotopic (exact) mass is 418 g/mol. The summed E-state index contributed by atoms with van der Waals surface area (Å²) in [5, 5.41) is 10.3. The second-order valence-electron chi connectivity index (χ2n) is 11.3. The molecule has 0 aliphatic heterocycles. The fourth-order valence-corrected chi connectivity index (χ4v) is 8.41. The van der Waals surface area contributed by atoms with E-state index in [9.17, 15) is 9.90 Å². The highest BCUT2D eigenvalue weighted by Crippen LogP contribution is 2.66. The number of hydrogen-bond donors (Lipinski definition) is 1. The van der Waals surface area contributed by atoms with Crippen LogP contribution in [0, 0.1) is 40.4 Å². The number of ether oxygens (including phenoxy) is 2. The van der Waals surface area contributed by atoms with Crippen molar-refractivity contribution >= 4 is 5.97 Å². The molecule has 30 heavy (non-hydrogen) atoms. The smallest absolute Gasteiger partial charge is 0.305 e. The van der Waals surface area contributed by atoms with E-state index in [4.69, 9.17) is 9.47 Å². The first kappa shape index (κ1) is 22.3. The Labute approximate surface area is 182 Å². The topological polar surface area (TPSA) is 55.8 Å². The maximum Gasteiger partial charge on any atom is 0.305 e. The van der Waals surface area contributed by atoms with Crippen LogP contribution in [0.25, 0.3) is 0 Å². The molecule has 0 bridgehead atoms. The predicted molar refractivity (Wildman–Crippen MR) is 118 cm³/mol. The fraction of sp³-hybridized carbons (Fsp3) is 0.885. The number of carbonyl (C=O) groups is 1. The molecule has 3 fully saturated rings. The van der Waals surface area contributed by atoms with E-state index in [1.165, 1.54) is 32.8 Å².